The first kappa shape index (κ1) is 26.2. The van der Waals surface area contributed by atoms with Gasteiger partial charge < -0.3 is 15.5 Å². The van der Waals surface area contributed by atoms with Crippen LogP contribution in [-0.4, -0.2) is 45.0 Å². The van der Waals surface area contributed by atoms with E-state index in [-0.39, 0.29) is 18.5 Å². The topological polar surface area (TPSA) is 116 Å². The molecular weight excluding hydrogens is 481 g/mol. The number of nitrogens with one attached hydrogen (secondary N) is 1. The Morgan fingerprint density at radius 1 is 1.21 bits per heavy atom. The number of carboxylic acids is 1. The molecule has 4 atom stereocenters. The highest BCUT2D eigenvalue weighted by atomic mass is 35.5. The second-order valence-corrected chi connectivity index (χ2v) is 10.9. The van der Waals surface area contributed by atoms with Gasteiger partial charge in [0.2, 0.25) is 12.2 Å². The molecule has 1 aliphatic heterocycles. The Hall–Kier alpha value is -2.42. The molecule has 0 aromatic heterocycles. The minimum atomic E-state index is -1.10. The number of benzene rings is 1. The van der Waals surface area contributed by atoms with Crippen LogP contribution in [0.3, 0.4) is 0 Å². The molecule has 1 aromatic carbocycles. The van der Waals surface area contributed by atoms with E-state index in [0.717, 1.165) is 0 Å². The van der Waals surface area contributed by atoms with Gasteiger partial charge in [-0.2, -0.15) is 4.79 Å². The number of rotatable bonds is 7. The van der Waals surface area contributed by atoms with Crippen molar-refractivity contribution in [1.82, 2.24) is 5.32 Å². The summed E-state index contributed by atoms with van der Waals surface area (Å²) in [4.78, 5) is 41.2. The first-order valence-electron chi connectivity index (χ1n) is 11.1. The molecule has 0 bridgehead atoms. The number of carbonyl (C=O) groups excluding carboxylic acids is 1. The minimum absolute atomic E-state index is 0.101. The number of hydrogen-bond donors (Lipinski definition) is 3. The van der Waals surface area contributed by atoms with Gasteiger partial charge in [-0.25, -0.2) is 4.99 Å². The van der Waals surface area contributed by atoms with E-state index in [2.05, 4.69) is 10.3 Å². The normalized spacial score (nSPS) is 28.4. The second kappa shape index (κ2) is 9.32. The zero-order chi connectivity index (χ0) is 25.5. The lowest BCUT2D eigenvalue weighted by atomic mass is 9.65. The lowest BCUT2D eigenvalue weighted by Crippen LogP contribution is -2.47. The molecule has 2 aliphatic rings. The Kier molecular flexibility index (Phi) is 7.18. The summed E-state index contributed by atoms with van der Waals surface area (Å²) in [5.74, 6) is -1.52. The molecule has 1 heterocycles. The molecule has 8 nitrogen and oxygen atoms in total. The van der Waals surface area contributed by atoms with Gasteiger partial charge in [-0.05, 0) is 44.2 Å². The van der Waals surface area contributed by atoms with Crippen molar-refractivity contribution in [3.05, 3.63) is 45.7 Å². The third-order valence-electron chi connectivity index (χ3n) is 7.51. The summed E-state index contributed by atoms with van der Waals surface area (Å²) >= 11 is 12.0. The molecule has 34 heavy (non-hydrogen) atoms. The molecule has 0 spiro atoms. The fourth-order valence-electron chi connectivity index (χ4n) is 4.86. The number of aliphatic carboxylic acids is 1. The predicted molar refractivity (Wildman–Crippen MR) is 129 cm³/mol. The standard InChI is InChI=1S/C24H29Cl2N3O5/c1-14(28-20(30)17-7-8-24(4,21(31)32)23(17,2)3)9-16-12-29(13-27-16,22(33)34)11-15-5-6-18(25)19(26)10-15/h5-6,10,12-14,17H,7-9,11H2,1-4H3,(H2-,28,30,31,32,33,34)/p+1/t14?,17-,24+,29-/m0/s1. The van der Waals surface area contributed by atoms with Crippen LogP contribution in [0, 0.1) is 16.7 Å². The van der Waals surface area contributed by atoms with E-state index in [1.165, 1.54) is 6.34 Å². The highest BCUT2D eigenvalue weighted by Gasteiger charge is 2.58. The average Bonchev–Trinajstić information content (AvgIpc) is 3.24. The molecule has 3 rings (SSSR count). The van der Waals surface area contributed by atoms with Crippen LogP contribution >= 0.6 is 23.2 Å². The van der Waals surface area contributed by atoms with Crippen molar-refractivity contribution in [2.45, 2.75) is 59.5 Å². The Morgan fingerprint density at radius 3 is 2.44 bits per heavy atom. The first-order chi connectivity index (χ1) is 15.7. The van der Waals surface area contributed by atoms with Gasteiger partial charge in [0, 0.05) is 23.9 Å². The molecule has 1 fully saturated rings. The molecule has 1 saturated carbocycles. The summed E-state index contributed by atoms with van der Waals surface area (Å²) in [7, 11) is 0. The summed E-state index contributed by atoms with van der Waals surface area (Å²) in [6.07, 6.45) is 3.08. The summed E-state index contributed by atoms with van der Waals surface area (Å²) in [5, 5.41) is 23.3. The Balaban J connectivity index is 1.69. The van der Waals surface area contributed by atoms with Gasteiger partial charge in [0.15, 0.2) is 0 Å². The predicted octanol–water partition coefficient (Wildman–Crippen LogP) is 5.29. The number of amides is 2. The van der Waals surface area contributed by atoms with Gasteiger partial charge in [-0.15, -0.1) is 4.48 Å². The van der Waals surface area contributed by atoms with Crippen LogP contribution in [0.15, 0.2) is 35.1 Å². The molecule has 1 aliphatic carbocycles. The molecule has 10 heteroatoms. The van der Waals surface area contributed by atoms with Crippen molar-refractivity contribution in [1.29, 1.82) is 0 Å². The number of aliphatic imine (C=N–C) groups is 1. The number of carbonyl (C=O) groups is 3. The van der Waals surface area contributed by atoms with E-state index in [1.807, 2.05) is 20.8 Å². The Morgan fingerprint density at radius 2 is 1.88 bits per heavy atom. The minimum Gasteiger partial charge on any atom is -0.481 e. The van der Waals surface area contributed by atoms with Gasteiger partial charge in [0.1, 0.15) is 18.4 Å². The number of hydrogen-bond acceptors (Lipinski definition) is 4. The molecule has 184 valence electrons. The van der Waals surface area contributed by atoms with Gasteiger partial charge in [0.05, 0.1) is 15.5 Å². The maximum atomic E-state index is 13.0. The van der Waals surface area contributed by atoms with Crippen molar-refractivity contribution in [3.8, 4) is 0 Å². The Labute approximate surface area is 208 Å². The first-order valence-corrected chi connectivity index (χ1v) is 11.8. The van der Waals surface area contributed by atoms with Gasteiger partial charge in [-0.1, -0.05) is 43.1 Å². The van der Waals surface area contributed by atoms with Crippen LogP contribution in [0.1, 0.15) is 52.5 Å². The highest BCUT2D eigenvalue weighted by molar-refractivity contribution is 6.42. The van der Waals surface area contributed by atoms with Crippen LogP contribution in [0.2, 0.25) is 10.0 Å². The number of quaternary nitrogens is 1. The number of halogens is 2. The molecule has 0 saturated heterocycles. The third kappa shape index (κ3) is 4.72. The fraction of sp³-hybridized carbons (Fsp3) is 0.500. The smallest absolute Gasteiger partial charge is 0.481 e. The summed E-state index contributed by atoms with van der Waals surface area (Å²) < 4.78 is -0.527. The molecule has 1 aromatic rings. The SMILES string of the molecule is CC(CC1=C[N@+](Cc2ccc(Cl)c(Cl)c2)(C(=O)O)C=N1)NC(=O)[C@@H]1CC[C@](C)(C(=O)O)C1(C)C. The van der Waals surface area contributed by atoms with Crippen molar-refractivity contribution >= 4 is 47.5 Å². The maximum absolute atomic E-state index is 13.0. The van der Waals surface area contributed by atoms with Crippen LogP contribution < -0.4 is 5.32 Å². The van der Waals surface area contributed by atoms with Gasteiger partial charge in [-0.3, -0.25) is 9.59 Å². The van der Waals surface area contributed by atoms with E-state index >= 15 is 0 Å². The quantitative estimate of drug-likeness (QED) is 0.430. The van der Waals surface area contributed by atoms with E-state index in [4.69, 9.17) is 23.2 Å². The lowest BCUT2D eigenvalue weighted by Gasteiger charge is -2.38. The average molecular weight is 511 g/mol. The van der Waals surface area contributed by atoms with E-state index in [1.54, 1.807) is 31.3 Å². The summed E-state index contributed by atoms with van der Waals surface area (Å²) in [5.41, 5.74) is -0.453. The molecule has 2 amide bonds. The van der Waals surface area contributed by atoms with Crippen LogP contribution in [0.4, 0.5) is 4.79 Å². The van der Waals surface area contributed by atoms with E-state index in [0.29, 0.717) is 40.6 Å². The Bertz CT molecular complexity index is 1090. The lowest BCUT2D eigenvalue weighted by molar-refractivity contribution is -0.715. The van der Waals surface area contributed by atoms with Crippen molar-refractivity contribution in [2.24, 2.45) is 21.7 Å². The van der Waals surface area contributed by atoms with Crippen molar-refractivity contribution in [3.63, 3.8) is 0 Å². The molecular formula is C24H30Cl2N3O5+. The summed E-state index contributed by atoms with van der Waals surface area (Å²) in [6.45, 7) is 7.27. The zero-order valence-corrected chi connectivity index (χ0v) is 21.2. The highest BCUT2D eigenvalue weighted by Crippen LogP contribution is 2.56. The fourth-order valence-corrected chi connectivity index (χ4v) is 5.18. The van der Waals surface area contributed by atoms with Crippen LogP contribution in [0.25, 0.3) is 0 Å². The summed E-state index contributed by atoms with van der Waals surface area (Å²) in [6, 6.07) is 4.65. The van der Waals surface area contributed by atoms with Crippen LogP contribution in [-0.2, 0) is 16.1 Å². The van der Waals surface area contributed by atoms with Crippen molar-refractivity contribution in [2.75, 3.05) is 0 Å². The second-order valence-electron chi connectivity index (χ2n) is 10.0. The monoisotopic (exact) mass is 510 g/mol. The molecule has 0 radical (unpaired) electrons. The van der Waals surface area contributed by atoms with E-state index < -0.39 is 33.3 Å². The maximum Gasteiger partial charge on any atom is 0.524 e. The third-order valence-corrected chi connectivity index (χ3v) is 8.25. The van der Waals surface area contributed by atoms with Crippen molar-refractivity contribution < 1.29 is 29.1 Å². The van der Waals surface area contributed by atoms with Crippen LogP contribution in [0.5, 0.6) is 0 Å². The van der Waals surface area contributed by atoms with Gasteiger partial charge >= 0.3 is 12.1 Å². The number of nitrogens with zero attached hydrogens (tertiary/aromatic N) is 2. The van der Waals surface area contributed by atoms with Gasteiger partial charge in [0.25, 0.3) is 0 Å². The molecule has 3 N–H and O–H groups in total. The zero-order valence-electron chi connectivity index (χ0n) is 19.6. The van der Waals surface area contributed by atoms with E-state index in [9.17, 15) is 24.6 Å². The largest absolute Gasteiger partial charge is 0.524 e. The number of carboxylic acid groups (broad SMARTS) is 2. The molecule has 1 unspecified atom stereocenters.